The molecule has 0 aliphatic heterocycles. The van der Waals surface area contributed by atoms with E-state index in [0.717, 1.165) is 5.69 Å². The van der Waals surface area contributed by atoms with Crippen LogP contribution >= 0.6 is 0 Å². The number of ether oxygens (including phenoxy) is 1. The van der Waals surface area contributed by atoms with E-state index in [1.807, 2.05) is 0 Å². The van der Waals surface area contributed by atoms with Gasteiger partial charge in [0.1, 0.15) is 11.5 Å². The standard InChI is InChI=1S/C14H14FNO2/c1-16(10-3-5-11(17)6-4-10)14-8-7-12(18-2)9-13(14)15/h3-9,17H,1-2H3. The van der Waals surface area contributed by atoms with Gasteiger partial charge < -0.3 is 14.7 Å². The number of hydrogen-bond acceptors (Lipinski definition) is 3. The number of rotatable bonds is 3. The lowest BCUT2D eigenvalue weighted by Crippen LogP contribution is -2.11. The van der Waals surface area contributed by atoms with E-state index in [4.69, 9.17) is 4.74 Å². The van der Waals surface area contributed by atoms with Crippen molar-refractivity contribution in [3.63, 3.8) is 0 Å². The molecular formula is C14H14FNO2. The van der Waals surface area contributed by atoms with E-state index in [-0.39, 0.29) is 11.6 Å². The van der Waals surface area contributed by atoms with Gasteiger partial charge in [-0.1, -0.05) is 0 Å². The second-order valence-corrected chi connectivity index (χ2v) is 3.89. The minimum Gasteiger partial charge on any atom is -0.508 e. The fourth-order valence-electron chi connectivity index (χ4n) is 1.70. The number of anilines is 2. The summed E-state index contributed by atoms with van der Waals surface area (Å²) in [6, 6.07) is 11.3. The zero-order valence-corrected chi connectivity index (χ0v) is 10.2. The predicted octanol–water partition coefficient (Wildman–Crippen LogP) is 3.31. The van der Waals surface area contributed by atoms with E-state index >= 15 is 0 Å². The third-order valence-corrected chi connectivity index (χ3v) is 2.75. The van der Waals surface area contributed by atoms with Crippen LogP contribution in [0.5, 0.6) is 11.5 Å². The lowest BCUT2D eigenvalue weighted by atomic mass is 10.2. The quantitative estimate of drug-likeness (QED) is 0.903. The van der Waals surface area contributed by atoms with Crippen molar-refractivity contribution in [1.82, 2.24) is 0 Å². The van der Waals surface area contributed by atoms with Gasteiger partial charge in [0.2, 0.25) is 0 Å². The van der Waals surface area contributed by atoms with Gasteiger partial charge in [-0.3, -0.25) is 0 Å². The van der Waals surface area contributed by atoms with Crippen molar-refractivity contribution >= 4 is 11.4 Å². The number of aromatic hydroxyl groups is 1. The highest BCUT2D eigenvalue weighted by molar-refractivity contribution is 5.64. The van der Waals surface area contributed by atoms with Crippen molar-refractivity contribution in [2.45, 2.75) is 0 Å². The highest BCUT2D eigenvalue weighted by Gasteiger charge is 2.10. The molecule has 0 heterocycles. The minimum atomic E-state index is -0.357. The van der Waals surface area contributed by atoms with Crippen LogP contribution in [0.15, 0.2) is 42.5 Å². The molecule has 1 N–H and O–H groups in total. The SMILES string of the molecule is COc1ccc(N(C)c2ccc(O)cc2)c(F)c1. The van der Waals surface area contributed by atoms with Crippen molar-refractivity contribution in [3.05, 3.63) is 48.3 Å². The summed E-state index contributed by atoms with van der Waals surface area (Å²) in [6.45, 7) is 0. The molecule has 2 aromatic rings. The second-order valence-electron chi connectivity index (χ2n) is 3.89. The summed E-state index contributed by atoms with van der Waals surface area (Å²) in [6.07, 6.45) is 0. The summed E-state index contributed by atoms with van der Waals surface area (Å²) in [7, 11) is 3.26. The number of phenolic OH excluding ortho intramolecular Hbond substituents is 1. The monoisotopic (exact) mass is 247 g/mol. The van der Waals surface area contributed by atoms with Crippen molar-refractivity contribution in [2.75, 3.05) is 19.1 Å². The number of benzene rings is 2. The number of methoxy groups -OCH3 is 1. The lowest BCUT2D eigenvalue weighted by molar-refractivity contribution is 0.411. The van der Waals surface area contributed by atoms with E-state index in [2.05, 4.69) is 0 Å². The number of phenols is 1. The molecule has 0 aliphatic carbocycles. The molecule has 4 heteroatoms. The van der Waals surface area contributed by atoms with Crippen LogP contribution in [-0.2, 0) is 0 Å². The Kier molecular flexibility index (Phi) is 3.37. The third-order valence-electron chi connectivity index (χ3n) is 2.75. The van der Waals surface area contributed by atoms with Crippen LogP contribution in [0.25, 0.3) is 0 Å². The van der Waals surface area contributed by atoms with E-state index < -0.39 is 0 Å². The fraction of sp³-hybridized carbons (Fsp3) is 0.143. The summed E-state index contributed by atoms with van der Waals surface area (Å²) in [5, 5.41) is 9.22. The molecule has 0 spiro atoms. The zero-order chi connectivity index (χ0) is 13.1. The first kappa shape index (κ1) is 12.2. The Morgan fingerprint density at radius 2 is 1.78 bits per heavy atom. The first-order chi connectivity index (χ1) is 8.61. The van der Waals surface area contributed by atoms with Gasteiger partial charge in [0, 0.05) is 18.8 Å². The van der Waals surface area contributed by atoms with Crippen LogP contribution in [0, 0.1) is 5.82 Å². The van der Waals surface area contributed by atoms with Gasteiger partial charge in [-0.15, -0.1) is 0 Å². The molecule has 0 radical (unpaired) electrons. The zero-order valence-electron chi connectivity index (χ0n) is 10.2. The Morgan fingerprint density at radius 1 is 1.11 bits per heavy atom. The van der Waals surface area contributed by atoms with Crippen molar-refractivity contribution in [2.24, 2.45) is 0 Å². The summed E-state index contributed by atoms with van der Waals surface area (Å²) < 4.78 is 18.8. The van der Waals surface area contributed by atoms with E-state index in [9.17, 15) is 9.50 Å². The third kappa shape index (κ3) is 2.37. The molecule has 0 saturated carbocycles. The van der Waals surface area contributed by atoms with Crippen LogP contribution in [0.2, 0.25) is 0 Å². The Morgan fingerprint density at radius 3 is 2.33 bits per heavy atom. The summed E-state index contributed by atoms with van der Waals surface area (Å²) in [4.78, 5) is 1.70. The maximum Gasteiger partial charge on any atom is 0.150 e. The number of nitrogens with zero attached hydrogens (tertiary/aromatic N) is 1. The van der Waals surface area contributed by atoms with Gasteiger partial charge in [0.15, 0.2) is 5.82 Å². The first-order valence-corrected chi connectivity index (χ1v) is 5.48. The van der Waals surface area contributed by atoms with E-state index in [1.165, 1.54) is 13.2 Å². The topological polar surface area (TPSA) is 32.7 Å². The highest BCUT2D eigenvalue weighted by Crippen LogP contribution is 2.29. The van der Waals surface area contributed by atoms with Gasteiger partial charge in [0.05, 0.1) is 12.8 Å². The number of halogens is 1. The number of hydrogen-bond donors (Lipinski definition) is 1. The Bertz CT molecular complexity index is 540. The molecule has 0 bridgehead atoms. The van der Waals surface area contributed by atoms with Crippen molar-refractivity contribution in [3.8, 4) is 11.5 Å². The highest BCUT2D eigenvalue weighted by atomic mass is 19.1. The van der Waals surface area contributed by atoms with Gasteiger partial charge in [-0.25, -0.2) is 4.39 Å². The molecule has 0 aromatic heterocycles. The lowest BCUT2D eigenvalue weighted by Gasteiger charge is -2.20. The predicted molar refractivity (Wildman–Crippen MR) is 69.1 cm³/mol. The Hall–Kier alpha value is -2.23. The van der Waals surface area contributed by atoms with Crippen LogP contribution in [0.1, 0.15) is 0 Å². The van der Waals surface area contributed by atoms with Crippen LogP contribution in [-0.4, -0.2) is 19.3 Å². The molecule has 0 fully saturated rings. The summed E-state index contributed by atoms with van der Waals surface area (Å²) in [5.74, 6) is 0.308. The molecule has 2 aromatic carbocycles. The molecule has 94 valence electrons. The van der Waals surface area contributed by atoms with Crippen LogP contribution in [0.3, 0.4) is 0 Å². The molecule has 0 atom stereocenters. The molecule has 2 rings (SSSR count). The average molecular weight is 247 g/mol. The van der Waals surface area contributed by atoms with Crippen LogP contribution in [0.4, 0.5) is 15.8 Å². The van der Waals surface area contributed by atoms with E-state index in [0.29, 0.717) is 11.4 Å². The fourth-order valence-corrected chi connectivity index (χ4v) is 1.70. The summed E-state index contributed by atoms with van der Waals surface area (Å²) in [5.41, 5.74) is 1.23. The van der Waals surface area contributed by atoms with Crippen molar-refractivity contribution in [1.29, 1.82) is 0 Å². The minimum absolute atomic E-state index is 0.183. The van der Waals surface area contributed by atoms with Gasteiger partial charge in [0.25, 0.3) is 0 Å². The molecule has 0 amide bonds. The van der Waals surface area contributed by atoms with Gasteiger partial charge in [-0.05, 0) is 36.4 Å². The molecule has 0 aliphatic rings. The van der Waals surface area contributed by atoms with Crippen LogP contribution < -0.4 is 9.64 Å². The van der Waals surface area contributed by atoms with Gasteiger partial charge >= 0.3 is 0 Å². The Balaban J connectivity index is 2.33. The van der Waals surface area contributed by atoms with Gasteiger partial charge in [-0.2, -0.15) is 0 Å². The maximum atomic E-state index is 13.9. The molecular weight excluding hydrogens is 233 g/mol. The largest absolute Gasteiger partial charge is 0.508 e. The van der Waals surface area contributed by atoms with E-state index in [1.54, 1.807) is 48.3 Å². The maximum absolute atomic E-state index is 13.9. The first-order valence-electron chi connectivity index (χ1n) is 5.48. The normalized spacial score (nSPS) is 10.2. The smallest absolute Gasteiger partial charge is 0.150 e. The average Bonchev–Trinajstić information content (AvgIpc) is 2.38. The molecule has 18 heavy (non-hydrogen) atoms. The molecule has 3 nitrogen and oxygen atoms in total. The molecule has 0 unspecified atom stereocenters. The second kappa shape index (κ2) is 4.96. The Labute approximate surface area is 105 Å². The van der Waals surface area contributed by atoms with Crippen molar-refractivity contribution < 1.29 is 14.2 Å². The summed E-state index contributed by atoms with van der Waals surface area (Å²) >= 11 is 0. The molecule has 0 saturated heterocycles.